The summed E-state index contributed by atoms with van der Waals surface area (Å²) in [4.78, 5) is 29.2. The first-order chi connectivity index (χ1) is 10.1. The maximum Gasteiger partial charge on any atom is 0.334 e. The van der Waals surface area contributed by atoms with E-state index in [1.807, 2.05) is 30.3 Å². The van der Waals surface area contributed by atoms with E-state index in [0.29, 0.717) is 12.2 Å². The second kappa shape index (κ2) is 5.49. The summed E-state index contributed by atoms with van der Waals surface area (Å²) in [5.74, 6) is -1.32. The third-order valence-corrected chi connectivity index (χ3v) is 3.45. The summed E-state index contributed by atoms with van der Waals surface area (Å²) in [6.07, 6.45) is -0.969. The highest BCUT2D eigenvalue weighted by Crippen LogP contribution is 2.14. The maximum atomic E-state index is 12.4. The van der Waals surface area contributed by atoms with E-state index in [-0.39, 0.29) is 19.1 Å². The lowest BCUT2D eigenvalue weighted by Gasteiger charge is -2.30. The lowest BCUT2D eigenvalue weighted by Crippen LogP contribution is -2.48. The van der Waals surface area contributed by atoms with Gasteiger partial charge in [0.25, 0.3) is 5.91 Å². The summed E-state index contributed by atoms with van der Waals surface area (Å²) in [6.45, 7) is 0.635. The molecule has 1 fully saturated rings. The zero-order valence-corrected chi connectivity index (χ0v) is 11.2. The van der Waals surface area contributed by atoms with Crippen molar-refractivity contribution in [3.63, 3.8) is 0 Å². The Morgan fingerprint density at radius 3 is 2.86 bits per heavy atom. The average Bonchev–Trinajstić information content (AvgIpc) is 2.53. The summed E-state index contributed by atoms with van der Waals surface area (Å²) in [5.41, 5.74) is 1.06. The lowest BCUT2D eigenvalue weighted by molar-refractivity contribution is -0.154. The number of aromatic nitrogens is 1. The number of morpholine rings is 1. The van der Waals surface area contributed by atoms with Gasteiger partial charge in [-0.3, -0.25) is 4.79 Å². The number of pyridine rings is 1. The van der Waals surface area contributed by atoms with Gasteiger partial charge in [0.05, 0.1) is 18.7 Å². The molecule has 6 nitrogen and oxygen atoms in total. The number of para-hydroxylation sites is 1. The predicted octanol–water partition coefficient (Wildman–Crippen LogP) is 1.16. The van der Waals surface area contributed by atoms with Crippen LogP contribution in [0, 0.1) is 0 Å². The SMILES string of the molecule is O=C(O)C1CN(C(=O)c2ccc3ccccc3n2)CCO1. The van der Waals surface area contributed by atoms with Gasteiger partial charge in [0.1, 0.15) is 5.69 Å². The Morgan fingerprint density at radius 2 is 2.05 bits per heavy atom. The smallest absolute Gasteiger partial charge is 0.334 e. The third-order valence-electron chi connectivity index (χ3n) is 3.45. The van der Waals surface area contributed by atoms with Crippen molar-refractivity contribution in [3.8, 4) is 0 Å². The molecule has 1 unspecified atom stereocenters. The van der Waals surface area contributed by atoms with Crippen molar-refractivity contribution >= 4 is 22.8 Å². The molecule has 6 heteroatoms. The number of ether oxygens (including phenoxy) is 1. The van der Waals surface area contributed by atoms with Gasteiger partial charge in [0, 0.05) is 11.9 Å². The number of aliphatic carboxylic acids is 1. The van der Waals surface area contributed by atoms with Crippen LogP contribution in [0.1, 0.15) is 10.5 Å². The first kappa shape index (κ1) is 13.5. The van der Waals surface area contributed by atoms with E-state index in [1.54, 1.807) is 6.07 Å². The maximum absolute atomic E-state index is 12.4. The molecule has 1 atom stereocenters. The van der Waals surface area contributed by atoms with Gasteiger partial charge in [0.15, 0.2) is 6.10 Å². The first-order valence-corrected chi connectivity index (χ1v) is 6.64. The normalized spacial score (nSPS) is 18.7. The number of fused-ring (bicyclic) bond motifs is 1. The minimum Gasteiger partial charge on any atom is -0.479 e. The Hall–Kier alpha value is -2.47. The second-order valence-electron chi connectivity index (χ2n) is 4.84. The number of carbonyl (C=O) groups is 2. The van der Waals surface area contributed by atoms with E-state index in [2.05, 4.69) is 4.98 Å². The number of carboxylic acid groups (broad SMARTS) is 1. The van der Waals surface area contributed by atoms with Gasteiger partial charge in [-0.1, -0.05) is 24.3 Å². The molecule has 1 aromatic carbocycles. The summed E-state index contributed by atoms with van der Waals surface area (Å²) in [7, 11) is 0. The predicted molar refractivity (Wildman–Crippen MR) is 75.0 cm³/mol. The number of amides is 1. The topological polar surface area (TPSA) is 79.7 Å². The highest BCUT2D eigenvalue weighted by molar-refractivity contribution is 5.95. The van der Waals surface area contributed by atoms with Crippen molar-refractivity contribution in [1.29, 1.82) is 0 Å². The fourth-order valence-electron chi connectivity index (χ4n) is 2.33. The van der Waals surface area contributed by atoms with Crippen molar-refractivity contribution in [2.75, 3.05) is 19.7 Å². The third kappa shape index (κ3) is 2.71. The fourth-order valence-corrected chi connectivity index (χ4v) is 2.33. The Kier molecular flexibility index (Phi) is 3.53. The van der Waals surface area contributed by atoms with Gasteiger partial charge < -0.3 is 14.7 Å². The molecule has 108 valence electrons. The van der Waals surface area contributed by atoms with Gasteiger partial charge >= 0.3 is 5.97 Å². The standard InChI is InChI=1S/C15H14N2O4/c18-14(17-7-8-21-13(9-17)15(19)20)12-6-5-10-3-1-2-4-11(10)16-12/h1-6,13H,7-9H2,(H,19,20). The number of rotatable bonds is 2. The van der Waals surface area contributed by atoms with E-state index in [4.69, 9.17) is 9.84 Å². The molecule has 3 rings (SSSR count). The average molecular weight is 286 g/mol. The fraction of sp³-hybridized carbons (Fsp3) is 0.267. The molecule has 1 aliphatic rings. The van der Waals surface area contributed by atoms with Crippen molar-refractivity contribution in [2.45, 2.75) is 6.10 Å². The molecule has 1 saturated heterocycles. The van der Waals surface area contributed by atoms with Crippen molar-refractivity contribution in [2.24, 2.45) is 0 Å². The number of carboxylic acids is 1. The molecule has 0 saturated carbocycles. The van der Waals surface area contributed by atoms with Gasteiger partial charge in [0.2, 0.25) is 0 Å². The minimum absolute atomic E-state index is 0.0443. The summed E-state index contributed by atoms with van der Waals surface area (Å²) in [5, 5.41) is 9.93. The van der Waals surface area contributed by atoms with Crippen molar-refractivity contribution < 1.29 is 19.4 Å². The lowest BCUT2D eigenvalue weighted by atomic mass is 10.2. The second-order valence-corrected chi connectivity index (χ2v) is 4.84. The van der Waals surface area contributed by atoms with Crippen LogP contribution in [-0.2, 0) is 9.53 Å². The van der Waals surface area contributed by atoms with E-state index in [9.17, 15) is 9.59 Å². The summed E-state index contributed by atoms with van der Waals surface area (Å²) >= 11 is 0. The molecule has 0 aliphatic carbocycles. The van der Waals surface area contributed by atoms with Crippen molar-refractivity contribution in [1.82, 2.24) is 9.88 Å². The Bertz CT molecular complexity index is 701. The van der Waals surface area contributed by atoms with Gasteiger partial charge in [-0.2, -0.15) is 0 Å². The number of benzene rings is 1. The van der Waals surface area contributed by atoms with Gasteiger partial charge in [-0.15, -0.1) is 0 Å². The Morgan fingerprint density at radius 1 is 1.24 bits per heavy atom. The van der Waals surface area contributed by atoms with E-state index in [1.165, 1.54) is 4.90 Å². The molecule has 0 bridgehead atoms. The number of nitrogens with zero attached hydrogens (tertiary/aromatic N) is 2. The van der Waals surface area contributed by atoms with Crippen LogP contribution in [0.2, 0.25) is 0 Å². The van der Waals surface area contributed by atoms with Crippen LogP contribution in [0.3, 0.4) is 0 Å². The highest BCUT2D eigenvalue weighted by atomic mass is 16.5. The molecule has 1 aromatic heterocycles. The molecule has 2 aromatic rings. The van der Waals surface area contributed by atoms with Crippen LogP contribution in [-0.4, -0.2) is 52.7 Å². The van der Waals surface area contributed by atoms with Crippen LogP contribution in [0.5, 0.6) is 0 Å². The number of carbonyl (C=O) groups excluding carboxylic acids is 1. The van der Waals surface area contributed by atoms with E-state index in [0.717, 1.165) is 10.9 Å². The minimum atomic E-state index is -1.06. The highest BCUT2D eigenvalue weighted by Gasteiger charge is 2.29. The number of hydrogen-bond donors (Lipinski definition) is 1. The monoisotopic (exact) mass is 286 g/mol. The number of hydrogen-bond acceptors (Lipinski definition) is 4. The zero-order chi connectivity index (χ0) is 14.8. The molecule has 1 N–H and O–H groups in total. The molecule has 0 radical (unpaired) electrons. The quantitative estimate of drug-likeness (QED) is 0.896. The van der Waals surface area contributed by atoms with Crippen molar-refractivity contribution in [3.05, 3.63) is 42.1 Å². The Labute approximate surface area is 121 Å². The van der Waals surface area contributed by atoms with E-state index >= 15 is 0 Å². The van der Waals surface area contributed by atoms with Crippen LogP contribution in [0.25, 0.3) is 10.9 Å². The molecule has 0 spiro atoms. The van der Waals surface area contributed by atoms with Crippen LogP contribution >= 0.6 is 0 Å². The first-order valence-electron chi connectivity index (χ1n) is 6.64. The zero-order valence-electron chi connectivity index (χ0n) is 11.2. The van der Waals surface area contributed by atoms with Gasteiger partial charge in [-0.05, 0) is 12.1 Å². The molecule has 1 aliphatic heterocycles. The summed E-state index contributed by atoms with van der Waals surface area (Å²) < 4.78 is 5.11. The van der Waals surface area contributed by atoms with Gasteiger partial charge in [-0.25, -0.2) is 9.78 Å². The van der Waals surface area contributed by atoms with Crippen LogP contribution in [0.15, 0.2) is 36.4 Å². The van der Waals surface area contributed by atoms with Crippen LogP contribution in [0.4, 0.5) is 0 Å². The largest absolute Gasteiger partial charge is 0.479 e. The Balaban J connectivity index is 1.84. The molecule has 2 heterocycles. The summed E-state index contributed by atoms with van der Waals surface area (Å²) in [6, 6.07) is 11.0. The molecule has 1 amide bonds. The molecular formula is C15H14N2O4. The molecular weight excluding hydrogens is 272 g/mol. The molecule has 21 heavy (non-hydrogen) atoms. The van der Waals surface area contributed by atoms with E-state index < -0.39 is 12.1 Å². The van der Waals surface area contributed by atoms with Crippen LogP contribution < -0.4 is 0 Å².